The quantitative estimate of drug-likeness (QED) is 0.574. The van der Waals surface area contributed by atoms with Gasteiger partial charge in [-0.15, -0.1) is 0 Å². The highest BCUT2D eigenvalue weighted by molar-refractivity contribution is 7.89. The monoisotopic (exact) mass is 381 g/mol. The van der Waals surface area contributed by atoms with Gasteiger partial charge in [0.25, 0.3) is 0 Å². The van der Waals surface area contributed by atoms with Crippen molar-refractivity contribution in [1.82, 2.24) is 10.0 Å². The van der Waals surface area contributed by atoms with E-state index in [1.807, 2.05) is 32.9 Å². The number of nitrogens with two attached hydrogens (primary N) is 1. The van der Waals surface area contributed by atoms with E-state index < -0.39 is 10.0 Å². The predicted molar refractivity (Wildman–Crippen MR) is 110 cm³/mol. The lowest BCUT2D eigenvalue weighted by molar-refractivity contribution is 0.407. The molecule has 0 amide bonds. The van der Waals surface area contributed by atoms with Crippen LogP contribution in [0.4, 0.5) is 0 Å². The molecule has 0 radical (unpaired) electrons. The first-order chi connectivity index (χ1) is 11.9. The third-order valence-electron chi connectivity index (χ3n) is 4.56. The highest BCUT2D eigenvalue weighted by atomic mass is 32.2. The zero-order valence-electron chi connectivity index (χ0n) is 17.0. The lowest BCUT2D eigenvalue weighted by Crippen LogP contribution is -2.49. The molecule has 0 aliphatic rings. The van der Waals surface area contributed by atoms with Gasteiger partial charge in [-0.1, -0.05) is 58.9 Å². The molecule has 2 atom stereocenters. The van der Waals surface area contributed by atoms with Crippen LogP contribution in [0.25, 0.3) is 0 Å². The molecule has 0 aromatic heterocycles. The van der Waals surface area contributed by atoms with Gasteiger partial charge in [0.05, 0.1) is 4.90 Å². The Hall–Kier alpha value is -1.21. The number of benzene rings is 1. The normalized spacial score (nSPS) is 15.1. The lowest BCUT2D eigenvalue weighted by Gasteiger charge is -2.26. The third-order valence-corrected chi connectivity index (χ3v) is 6.06. The second kappa shape index (κ2) is 9.13. The van der Waals surface area contributed by atoms with Gasteiger partial charge in [-0.2, -0.15) is 0 Å². The first-order valence-corrected chi connectivity index (χ1v) is 10.6. The fourth-order valence-corrected chi connectivity index (χ4v) is 3.93. The van der Waals surface area contributed by atoms with Crippen molar-refractivity contribution < 1.29 is 8.42 Å². The van der Waals surface area contributed by atoms with Gasteiger partial charge >= 0.3 is 0 Å². The second-order valence-electron chi connectivity index (χ2n) is 8.29. The lowest BCUT2D eigenvalue weighted by atomic mass is 9.87. The van der Waals surface area contributed by atoms with Crippen molar-refractivity contribution in [2.45, 2.75) is 63.9 Å². The molecule has 26 heavy (non-hydrogen) atoms. The minimum absolute atomic E-state index is 0.0140. The topological polar surface area (TPSA) is 84.2 Å². The molecule has 0 saturated carbocycles. The Morgan fingerprint density at radius 2 is 1.73 bits per heavy atom. The third kappa shape index (κ3) is 6.50. The molecule has 0 bridgehead atoms. The van der Waals surface area contributed by atoms with Gasteiger partial charge in [0.1, 0.15) is 0 Å². The molecule has 0 aliphatic carbocycles. The van der Waals surface area contributed by atoms with Crippen LogP contribution in [-0.4, -0.2) is 33.6 Å². The molecule has 0 heterocycles. The van der Waals surface area contributed by atoms with Crippen molar-refractivity contribution in [3.8, 4) is 0 Å². The molecule has 0 unspecified atom stereocenters. The number of nitrogens with one attached hydrogen (secondary N) is 2. The van der Waals surface area contributed by atoms with Crippen molar-refractivity contribution in [1.29, 1.82) is 0 Å². The molecule has 1 aromatic carbocycles. The van der Waals surface area contributed by atoms with E-state index in [0.29, 0.717) is 13.1 Å². The fourth-order valence-electron chi connectivity index (χ4n) is 2.54. The van der Waals surface area contributed by atoms with Crippen LogP contribution in [0.5, 0.6) is 0 Å². The van der Waals surface area contributed by atoms with Gasteiger partial charge in [-0.3, -0.25) is 0 Å². The Labute approximate surface area is 159 Å². The molecule has 0 saturated heterocycles. The smallest absolute Gasteiger partial charge is 0.240 e. The molecule has 0 fully saturated rings. The number of sulfonamides is 1. The summed E-state index contributed by atoms with van der Waals surface area (Å²) in [6.45, 7) is 17.1. The maximum absolute atomic E-state index is 12.8. The molecule has 0 aliphatic heterocycles. The highest BCUT2D eigenvalue weighted by Gasteiger charge is 2.24. The molecule has 4 N–H and O–H groups in total. The highest BCUT2D eigenvalue weighted by Crippen LogP contribution is 2.23. The summed E-state index contributed by atoms with van der Waals surface area (Å²) in [5, 5.41) is 3.30. The van der Waals surface area contributed by atoms with Gasteiger partial charge in [0.2, 0.25) is 10.0 Å². The van der Waals surface area contributed by atoms with E-state index in [0.717, 1.165) is 11.1 Å². The van der Waals surface area contributed by atoms with Crippen LogP contribution in [0.1, 0.15) is 47.1 Å². The van der Waals surface area contributed by atoms with E-state index in [2.05, 4.69) is 37.4 Å². The van der Waals surface area contributed by atoms with Crippen LogP contribution >= 0.6 is 0 Å². The first kappa shape index (κ1) is 22.8. The minimum atomic E-state index is -3.59. The molecule has 0 spiro atoms. The van der Waals surface area contributed by atoms with Gasteiger partial charge in [-0.05, 0) is 36.0 Å². The Morgan fingerprint density at radius 3 is 2.12 bits per heavy atom. The summed E-state index contributed by atoms with van der Waals surface area (Å²) >= 11 is 0. The van der Waals surface area contributed by atoms with Crippen LogP contribution in [0.3, 0.4) is 0 Å². The molecule has 148 valence electrons. The van der Waals surface area contributed by atoms with Gasteiger partial charge in [-0.25, -0.2) is 13.1 Å². The molecule has 5 nitrogen and oxygen atoms in total. The summed E-state index contributed by atoms with van der Waals surface area (Å²) in [7, 11) is -3.59. The van der Waals surface area contributed by atoms with E-state index in [1.54, 1.807) is 12.1 Å². The second-order valence-corrected chi connectivity index (χ2v) is 10.0. The van der Waals surface area contributed by atoms with E-state index in [4.69, 9.17) is 5.73 Å². The van der Waals surface area contributed by atoms with E-state index in [9.17, 15) is 8.42 Å². The van der Waals surface area contributed by atoms with Crippen molar-refractivity contribution >= 4 is 10.0 Å². The van der Waals surface area contributed by atoms with Crippen LogP contribution in [0.2, 0.25) is 0 Å². The zero-order chi connectivity index (χ0) is 20.1. The van der Waals surface area contributed by atoms with Crippen molar-refractivity contribution in [3.05, 3.63) is 42.0 Å². The molecule has 6 heteroatoms. The van der Waals surface area contributed by atoms with Crippen LogP contribution in [0.15, 0.2) is 41.3 Å². The van der Waals surface area contributed by atoms with Gasteiger partial charge < -0.3 is 11.1 Å². The molecular weight excluding hydrogens is 346 g/mol. The predicted octanol–water partition coefficient (Wildman–Crippen LogP) is 2.78. The van der Waals surface area contributed by atoms with Crippen molar-refractivity contribution in [2.24, 2.45) is 11.7 Å². The van der Waals surface area contributed by atoms with Gasteiger partial charge in [0.15, 0.2) is 0 Å². The Bertz CT molecular complexity index is 689. The van der Waals surface area contributed by atoms with E-state index in [1.165, 1.54) is 0 Å². The van der Waals surface area contributed by atoms with Crippen molar-refractivity contribution in [2.75, 3.05) is 13.1 Å². The minimum Gasteiger partial charge on any atom is -0.329 e. The summed E-state index contributed by atoms with van der Waals surface area (Å²) < 4.78 is 28.4. The number of rotatable bonds is 9. The van der Waals surface area contributed by atoms with Crippen LogP contribution < -0.4 is 15.8 Å². The van der Waals surface area contributed by atoms with Crippen molar-refractivity contribution in [3.63, 3.8) is 0 Å². The fraction of sp³-hybridized carbons (Fsp3) is 0.600. The van der Waals surface area contributed by atoms with Crippen LogP contribution in [0, 0.1) is 5.92 Å². The summed E-state index contributed by atoms with van der Waals surface area (Å²) in [6, 6.07) is 6.84. The van der Waals surface area contributed by atoms with E-state index >= 15 is 0 Å². The van der Waals surface area contributed by atoms with Crippen LogP contribution in [-0.2, 0) is 15.4 Å². The van der Waals surface area contributed by atoms with Gasteiger partial charge in [0, 0.05) is 25.2 Å². The Morgan fingerprint density at radius 1 is 1.19 bits per heavy atom. The maximum Gasteiger partial charge on any atom is 0.240 e. The molecular formula is C20H35N3O2S. The zero-order valence-corrected chi connectivity index (χ0v) is 17.8. The average Bonchev–Trinajstić information content (AvgIpc) is 2.53. The largest absolute Gasteiger partial charge is 0.329 e. The first-order valence-electron chi connectivity index (χ1n) is 9.10. The standard InChI is InChI=1S/C20H35N3O2S/c1-14(2)18(12-21)22-13-19(15(3)4)23-26(24,25)17-10-8-16(9-11-17)20(5,6)7/h8-11,15,18-19,22-23H,1,12-13,21H2,2-7H3/t18-,19-/m1/s1. The average molecular weight is 382 g/mol. The Balaban J connectivity index is 2.91. The SMILES string of the molecule is C=C(C)[C@@H](CN)NC[C@@H](NS(=O)(=O)c1ccc(C(C)(C)C)cc1)C(C)C. The number of hydrogen-bond acceptors (Lipinski definition) is 4. The van der Waals surface area contributed by atoms with E-state index in [-0.39, 0.29) is 28.3 Å². The Kier molecular flexibility index (Phi) is 8.02. The molecule has 1 rings (SSSR count). The summed E-state index contributed by atoms with van der Waals surface area (Å²) in [5.74, 6) is 0.134. The maximum atomic E-state index is 12.8. The molecule has 1 aromatic rings. The summed E-state index contributed by atoms with van der Waals surface area (Å²) in [4.78, 5) is 0.284. The summed E-state index contributed by atoms with van der Waals surface area (Å²) in [6.07, 6.45) is 0. The number of hydrogen-bond donors (Lipinski definition) is 3. The summed E-state index contributed by atoms with van der Waals surface area (Å²) in [5.41, 5.74) is 7.77.